The highest BCUT2D eigenvalue weighted by Gasteiger charge is 2.25. The molecule has 1 rings (SSSR count). The Labute approximate surface area is 98.1 Å². The predicted molar refractivity (Wildman–Crippen MR) is 64.3 cm³/mol. The second-order valence-corrected chi connectivity index (χ2v) is 4.27. The summed E-state index contributed by atoms with van der Waals surface area (Å²) in [7, 11) is 0. The fraction of sp³-hybridized carbons (Fsp3) is 0.917. The van der Waals surface area contributed by atoms with Crippen LogP contribution in [0.15, 0.2) is 0 Å². The molecule has 1 aliphatic rings. The molecule has 94 valence electrons. The normalized spacial score (nSPS) is 24.6. The molecule has 0 aromatic heterocycles. The monoisotopic (exact) mass is 228 g/mol. The molecule has 4 nitrogen and oxygen atoms in total. The highest BCUT2D eigenvalue weighted by atomic mass is 16.5. The maximum Gasteiger partial charge on any atom is 0.221 e. The summed E-state index contributed by atoms with van der Waals surface area (Å²) < 4.78 is 5.61. The molecule has 0 spiro atoms. The van der Waals surface area contributed by atoms with Crippen LogP contribution in [0.5, 0.6) is 0 Å². The van der Waals surface area contributed by atoms with Gasteiger partial charge in [-0.05, 0) is 25.7 Å². The lowest BCUT2D eigenvalue weighted by atomic mass is 10.00. The Kier molecular flexibility index (Phi) is 6.42. The number of amides is 1. The zero-order chi connectivity index (χ0) is 11.8. The fourth-order valence-electron chi connectivity index (χ4n) is 2.15. The van der Waals surface area contributed by atoms with Crippen molar-refractivity contribution in [3.05, 3.63) is 0 Å². The minimum Gasteiger partial charge on any atom is -0.378 e. The van der Waals surface area contributed by atoms with Crippen molar-refractivity contribution in [3.8, 4) is 0 Å². The van der Waals surface area contributed by atoms with E-state index in [1.54, 1.807) is 0 Å². The van der Waals surface area contributed by atoms with E-state index in [1.807, 2.05) is 6.92 Å². The molecule has 2 unspecified atom stereocenters. The molecule has 0 aliphatic carbocycles. The third-order valence-electron chi connectivity index (χ3n) is 3.06. The van der Waals surface area contributed by atoms with Crippen molar-refractivity contribution in [3.63, 3.8) is 0 Å². The smallest absolute Gasteiger partial charge is 0.221 e. The minimum absolute atomic E-state index is 0.129. The van der Waals surface area contributed by atoms with Gasteiger partial charge in [0.15, 0.2) is 0 Å². The number of carbonyl (C=O) groups is 1. The molecule has 0 saturated carbocycles. The summed E-state index contributed by atoms with van der Waals surface area (Å²) in [6.45, 7) is 7.44. The van der Waals surface area contributed by atoms with Crippen molar-refractivity contribution in [1.29, 1.82) is 0 Å². The first-order valence-electron chi connectivity index (χ1n) is 6.37. The molecular formula is C12H24N2O2. The van der Waals surface area contributed by atoms with Crippen LogP contribution in [-0.2, 0) is 9.53 Å². The van der Waals surface area contributed by atoms with E-state index in [0.717, 1.165) is 32.5 Å². The summed E-state index contributed by atoms with van der Waals surface area (Å²) in [5, 5.41) is 6.13. The van der Waals surface area contributed by atoms with E-state index in [0.29, 0.717) is 25.0 Å². The van der Waals surface area contributed by atoms with Crippen LogP contribution in [0, 0.1) is 5.92 Å². The van der Waals surface area contributed by atoms with Gasteiger partial charge in [0, 0.05) is 32.7 Å². The van der Waals surface area contributed by atoms with Crippen LogP contribution in [0.4, 0.5) is 0 Å². The number of nitrogens with one attached hydrogen (secondary N) is 2. The van der Waals surface area contributed by atoms with Gasteiger partial charge >= 0.3 is 0 Å². The third-order valence-corrected chi connectivity index (χ3v) is 3.06. The van der Waals surface area contributed by atoms with Crippen molar-refractivity contribution in [2.24, 2.45) is 5.92 Å². The Morgan fingerprint density at radius 2 is 2.25 bits per heavy atom. The van der Waals surface area contributed by atoms with Crippen LogP contribution in [0.3, 0.4) is 0 Å². The maximum atomic E-state index is 11.2. The van der Waals surface area contributed by atoms with Crippen molar-refractivity contribution >= 4 is 5.91 Å². The lowest BCUT2D eigenvalue weighted by Crippen LogP contribution is -2.32. The van der Waals surface area contributed by atoms with Gasteiger partial charge < -0.3 is 15.4 Å². The summed E-state index contributed by atoms with van der Waals surface area (Å²) in [6.07, 6.45) is 3.21. The second kappa shape index (κ2) is 7.63. The lowest BCUT2D eigenvalue weighted by molar-refractivity contribution is -0.120. The van der Waals surface area contributed by atoms with E-state index in [-0.39, 0.29) is 5.91 Å². The molecule has 16 heavy (non-hydrogen) atoms. The average molecular weight is 228 g/mol. The summed E-state index contributed by atoms with van der Waals surface area (Å²) in [5.74, 6) is 0.754. The van der Waals surface area contributed by atoms with Gasteiger partial charge in [-0.25, -0.2) is 0 Å². The molecule has 0 radical (unpaired) electrons. The van der Waals surface area contributed by atoms with E-state index >= 15 is 0 Å². The van der Waals surface area contributed by atoms with Gasteiger partial charge in [0.1, 0.15) is 0 Å². The molecule has 1 heterocycles. The van der Waals surface area contributed by atoms with Crippen molar-refractivity contribution < 1.29 is 9.53 Å². The predicted octanol–water partition coefficient (Wildman–Crippen LogP) is 0.917. The standard InChI is InChI=1S/C12H24N2O2/c1-3-11-10(6-8-16-11)9-13-7-5-12(15)14-4-2/h10-11,13H,3-9H2,1-2H3,(H,14,15). The quantitative estimate of drug-likeness (QED) is 0.637. The molecule has 4 heteroatoms. The van der Waals surface area contributed by atoms with Crippen LogP contribution in [0.25, 0.3) is 0 Å². The van der Waals surface area contributed by atoms with Gasteiger partial charge in [-0.3, -0.25) is 4.79 Å². The van der Waals surface area contributed by atoms with E-state index in [2.05, 4.69) is 17.6 Å². The van der Waals surface area contributed by atoms with E-state index in [1.165, 1.54) is 0 Å². The minimum atomic E-state index is 0.129. The first-order chi connectivity index (χ1) is 7.77. The molecule has 0 bridgehead atoms. The van der Waals surface area contributed by atoms with Gasteiger partial charge in [-0.2, -0.15) is 0 Å². The Bertz CT molecular complexity index is 209. The Morgan fingerprint density at radius 1 is 1.44 bits per heavy atom. The maximum absolute atomic E-state index is 11.2. The number of hydrogen-bond donors (Lipinski definition) is 2. The molecule has 1 amide bonds. The number of hydrogen-bond acceptors (Lipinski definition) is 3. The van der Waals surface area contributed by atoms with E-state index in [4.69, 9.17) is 4.74 Å². The summed E-state index contributed by atoms with van der Waals surface area (Å²) in [4.78, 5) is 11.2. The first-order valence-corrected chi connectivity index (χ1v) is 6.37. The Morgan fingerprint density at radius 3 is 2.94 bits per heavy atom. The zero-order valence-corrected chi connectivity index (χ0v) is 10.4. The summed E-state index contributed by atoms with van der Waals surface area (Å²) >= 11 is 0. The van der Waals surface area contributed by atoms with Gasteiger partial charge in [-0.1, -0.05) is 6.92 Å². The number of rotatable bonds is 7. The van der Waals surface area contributed by atoms with Crippen LogP contribution >= 0.6 is 0 Å². The lowest BCUT2D eigenvalue weighted by Gasteiger charge is -2.17. The molecule has 1 aliphatic heterocycles. The van der Waals surface area contributed by atoms with Crippen molar-refractivity contribution in [1.82, 2.24) is 10.6 Å². The SMILES string of the molecule is CCNC(=O)CCNCC1CCOC1CC. The average Bonchev–Trinajstić information content (AvgIpc) is 2.72. The third kappa shape index (κ3) is 4.49. The summed E-state index contributed by atoms with van der Waals surface area (Å²) in [6, 6.07) is 0. The van der Waals surface area contributed by atoms with Crippen LogP contribution < -0.4 is 10.6 Å². The number of carbonyl (C=O) groups excluding carboxylic acids is 1. The highest BCUT2D eigenvalue weighted by molar-refractivity contribution is 5.75. The van der Waals surface area contributed by atoms with E-state index < -0.39 is 0 Å². The van der Waals surface area contributed by atoms with Gasteiger partial charge in [0.25, 0.3) is 0 Å². The molecule has 0 aromatic carbocycles. The molecule has 1 fully saturated rings. The fourth-order valence-corrected chi connectivity index (χ4v) is 2.15. The number of ether oxygens (including phenoxy) is 1. The van der Waals surface area contributed by atoms with Crippen LogP contribution in [0.2, 0.25) is 0 Å². The van der Waals surface area contributed by atoms with E-state index in [9.17, 15) is 4.79 Å². The molecular weight excluding hydrogens is 204 g/mol. The Balaban J connectivity index is 2.04. The first kappa shape index (κ1) is 13.5. The molecule has 0 aromatic rings. The zero-order valence-electron chi connectivity index (χ0n) is 10.4. The van der Waals surface area contributed by atoms with Crippen LogP contribution in [0.1, 0.15) is 33.1 Å². The topological polar surface area (TPSA) is 50.4 Å². The summed E-state index contributed by atoms with van der Waals surface area (Å²) in [5.41, 5.74) is 0. The van der Waals surface area contributed by atoms with Crippen LogP contribution in [-0.4, -0.2) is 38.3 Å². The van der Waals surface area contributed by atoms with Gasteiger partial charge in [0.05, 0.1) is 6.10 Å². The van der Waals surface area contributed by atoms with Gasteiger partial charge in [0.2, 0.25) is 5.91 Å². The van der Waals surface area contributed by atoms with Gasteiger partial charge in [-0.15, -0.1) is 0 Å². The molecule has 2 atom stereocenters. The molecule has 1 saturated heterocycles. The molecule has 2 N–H and O–H groups in total. The van der Waals surface area contributed by atoms with Crippen molar-refractivity contribution in [2.45, 2.75) is 39.2 Å². The highest BCUT2D eigenvalue weighted by Crippen LogP contribution is 2.22. The van der Waals surface area contributed by atoms with Crippen molar-refractivity contribution in [2.75, 3.05) is 26.2 Å². The largest absolute Gasteiger partial charge is 0.378 e. The Hall–Kier alpha value is -0.610. The second-order valence-electron chi connectivity index (χ2n) is 4.27.